The van der Waals surface area contributed by atoms with E-state index in [9.17, 15) is 8.78 Å². The summed E-state index contributed by atoms with van der Waals surface area (Å²) in [6, 6.07) is 4.73. The number of hydrogen-bond acceptors (Lipinski definition) is 2. The van der Waals surface area contributed by atoms with Crippen molar-refractivity contribution >= 4 is 5.96 Å². The minimum atomic E-state index is -0.565. The largest absolute Gasteiger partial charge is 0.357 e. The van der Waals surface area contributed by atoms with Gasteiger partial charge in [0.05, 0.1) is 6.54 Å². The van der Waals surface area contributed by atoms with Gasteiger partial charge in [-0.2, -0.15) is 0 Å². The molecule has 1 saturated heterocycles. The van der Waals surface area contributed by atoms with Gasteiger partial charge in [0.2, 0.25) is 0 Å². The van der Waals surface area contributed by atoms with Crippen LogP contribution in [0.3, 0.4) is 0 Å². The summed E-state index contributed by atoms with van der Waals surface area (Å²) in [7, 11) is 0. The van der Waals surface area contributed by atoms with Gasteiger partial charge in [0.25, 0.3) is 0 Å². The second-order valence-electron chi connectivity index (χ2n) is 6.84. The second kappa shape index (κ2) is 7.47. The van der Waals surface area contributed by atoms with Crippen LogP contribution in [0.4, 0.5) is 8.78 Å². The van der Waals surface area contributed by atoms with Gasteiger partial charge in [-0.15, -0.1) is 0 Å². The molecule has 132 valence electrons. The average Bonchev–Trinajstić information content (AvgIpc) is 3.32. The molecule has 2 unspecified atom stereocenters. The van der Waals surface area contributed by atoms with Gasteiger partial charge < -0.3 is 10.6 Å². The molecule has 0 amide bonds. The van der Waals surface area contributed by atoms with Gasteiger partial charge in [0.15, 0.2) is 5.96 Å². The van der Waals surface area contributed by atoms with E-state index in [-0.39, 0.29) is 6.54 Å². The maximum atomic E-state index is 13.7. The lowest BCUT2D eigenvalue weighted by molar-refractivity contribution is 0.315. The fraction of sp³-hybridized carbons (Fsp3) is 0.611. The topological polar surface area (TPSA) is 39.7 Å². The highest BCUT2D eigenvalue weighted by molar-refractivity contribution is 5.80. The number of halogens is 2. The zero-order valence-electron chi connectivity index (χ0n) is 14.4. The van der Waals surface area contributed by atoms with E-state index in [0.29, 0.717) is 23.5 Å². The highest BCUT2D eigenvalue weighted by atomic mass is 19.1. The maximum absolute atomic E-state index is 13.7. The molecule has 2 fully saturated rings. The molecule has 1 saturated carbocycles. The van der Waals surface area contributed by atoms with Crippen LogP contribution in [0.5, 0.6) is 0 Å². The minimum absolute atomic E-state index is 0.189. The van der Waals surface area contributed by atoms with Crippen molar-refractivity contribution in [3.8, 4) is 0 Å². The molecule has 1 heterocycles. The van der Waals surface area contributed by atoms with Crippen LogP contribution in [0, 0.1) is 17.6 Å². The first-order valence-corrected chi connectivity index (χ1v) is 8.79. The number of nitrogens with zero attached hydrogens (tertiary/aromatic N) is 2. The predicted molar refractivity (Wildman–Crippen MR) is 91.9 cm³/mol. The van der Waals surface area contributed by atoms with Crippen molar-refractivity contribution in [2.24, 2.45) is 10.9 Å². The molecular formula is C18H26F2N4. The van der Waals surface area contributed by atoms with Gasteiger partial charge in [0, 0.05) is 43.3 Å². The first-order valence-electron chi connectivity index (χ1n) is 8.79. The Morgan fingerprint density at radius 3 is 2.75 bits per heavy atom. The van der Waals surface area contributed by atoms with E-state index in [2.05, 4.69) is 27.4 Å². The zero-order valence-corrected chi connectivity index (χ0v) is 14.4. The Balaban J connectivity index is 1.63. The molecule has 1 aromatic carbocycles. The van der Waals surface area contributed by atoms with E-state index in [1.807, 2.05) is 6.92 Å². The number of aliphatic imine (C=N–C) groups is 1. The molecular weight excluding hydrogens is 310 g/mol. The Bertz CT molecular complexity index is 601. The third kappa shape index (κ3) is 4.23. The van der Waals surface area contributed by atoms with E-state index in [4.69, 9.17) is 0 Å². The smallest absolute Gasteiger partial charge is 0.191 e. The molecule has 2 aliphatic rings. The Morgan fingerprint density at radius 1 is 1.29 bits per heavy atom. The number of rotatable bonds is 5. The van der Waals surface area contributed by atoms with Crippen LogP contribution < -0.4 is 10.6 Å². The van der Waals surface area contributed by atoms with Gasteiger partial charge in [0.1, 0.15) is 11.6 Å². The first-order chi connectivity index (χ1) is 11.6. The number of guanidine groups is 1. The Kier molecular flexibility index (Phi) is 5.33. The van der Waals surface area contributed by atoms with Gasteiger partial charge in [-0.1, -0.05) is 13.0 Å². The predicted octanol–water partition coefficient (Wildman–Crippen LogP) is 2.50. The Hall–Kier alpha value is -1.69. The summed E-state index contributed by atoms with van der Waals surface area (Å²) in [5, 5.41) is 6.70. The van der Waals surface area contributed by atoms with Crippen molar-refractivity contribution in [3.05, 3.63) is 35.4 Å². The molecule has 1 aliphatic heterocycles. The lowest BCUT2D eigenvalue weighted by Crippen LogP contribution is -2.46. The summed E-state index contributed by atoms with van der Waals surface area (Å²) < 4.78 is 26.7. The molecule has 2 N–H and O–H groups in total. The third-order valence-electron chi connectivity index (χ3n) is 4.79. The summed E-state index contributed by atoms with van der Waals surface area (Å²) in [5.74, 6) is 0.127. The number of nitrogens with one attached hydrogen (secondary N) is 2. The Morgan fingerprint density at radius 2 is 2.08 bits per heavy atom. The zero-order chi connectivity index (χ0) is 17.1. The minimum Gasteiger partial charge on any atom is -0.357 e. The van der Waals surface area contributed by atoms with Crippen LogP contribution in [-0.2, 0) is 6.54 Å². The molecule has 2 atom stereocenters. The number of benzene rings is 1. The van der Waals surface area contributed by atoms with Crippen molar-refractivity contribution in [2.75, 3.05) is 19.6 Å². The molecule has 1 aliphatic carbocycles. The molecule has 6 heteroatoms. The van der Waals surface area contributed by atoms with Crippen LogP contribution >= 0.6 is 0 Å². The fourth-order valence-corrected chi connectivity index (χ4v) is 3.24. The van der Waals surface area contributed by atoms with Crippen LogP contribution in [-0.4, -0.2) is 42.6 Å². The Labute approximate surface area is 142 Å². The van der Waals surface area contributed by atoms with Crippen molar-refractivity contribution in [1.82, 2.24) is 15.5 Å². The number of likely N-dealkylation sites (tertiary alicyclic amines) is 1. The summed E-state index contributed by atoms with van der Waals surface area (Å²) in [6.45, 7) is 7.34. The quantitative estimate of drug-likeness (QED) is 0.641. The monoisotopic (exact) mass is 336 g/mol. The molecule has 3 rings (SSSR count). The summed E-state index contributed by atoms with van der Waals surface area (Å²) in [5.41, 5.74) is 0.396. The molecule has 0 radical (unpaired) electrons. The van der Waals surface area contributed by atoms with Crippen LogP contribution in [0.25, 0.3) is 0 Å². The standard InChI is InChI=1S/C18H26F2N4/c1-3-21-18(22-9-13-4-5-14(19)8-16(13)20)23-17-11-24(10-12(17)2)15-6-7-15/h4-5,8,12,15,17H,3,6-7,9-11H2,1-2H3,(H2,21,22,23). The van der Waals surface area contributed by atoms with Crippen molar-refractivity contribution in [3.63, 3.8) is 0 Å². The summed E-state index contributed by atoms with van der Waals surface area (Å²) >= 11 is 0. The molecule has 0 spiro atoms. The summed E-state index contributed by atoms with van der Waals surface area (Å²) in [6.07, 6.45) is 2.63. The van der Waals surface area contributed by atoms with E-state index < -0.39 is 11.6 Å². The second-order valence-corrected chi connectivity index (χ2v) is 6.84. The molecule has 24 heavy (non-hydrogen) atoms. The van der Waals surface area contributed by atoms with E-state index in [1.165, 1.54) is 25.0 Å². The SMILES string of the molecule is CCNC(=NCc1ccc(F)cc1F)NC1CN(C2CC2)CC1C. The van der Waals surface area contributed by atoms with Crippen LogP contribution in [0.1, 0.15) is 32.3 Å². The third-order valence-corrected chi connectivity index (χ3v) is 4.79. The molecule has 4 nitrogen and oxygen atoms in total. The normalized spacial score (nSPS) is 25.1. The van der Waals surface area contributed by atoms with Gasteiger partial charge in [-0.25, -0.2) is 13.8 Å². The lowest BCUT2D eigenvalue weighted by Gasteiger charge is -2.20. The number of hydrogen-bond donors (Lipinski definition) is 2. The van der Waals surface area contributed by atoms with Crippen molar-refractivity contribution in [1.29, 1.82) is 0 Å². The van der Waals surface area contributed by atoms with Gasteiger partial charge in [-0.3, -0.25) is 4.90 Å². The van der Waals surface area contributed by atoms with E-state index in [0.717, 1.165) is 31.7 Å². The van der Waals surface area contributed by atoms with Crippen molar-refractivity contribution < 1.29 is 8.78 Å². The molecule has 0 bridgehead atoms. The van der Waals surface area contributed by atoms with Crippen molar-refractivity contribution in [2.45, 2.75) is 45.3 Å². The molecule has 0 aromatic heterocycles. The lowest BCUT2D eigenvalue weighted by atomic mass is 10.1. The molecule has 1 aromatic rings. The first kappa shape index (κ1) is 17.1. The highest BCUT2D eigenvalue weighted by Gasteiger charge is 2.38. The van der Waals surface area contributed by atoms with E-state index in [1.54, 1.807) is 0 Å². The van der Waals surface area contributed by atoms with Crippen LogP contribution in [0.2, 0.25) is 0 Å². The highest BCUT2D eigenvalue weighted by Crippen LogP contribution is 2.31. The summed E-state index contributed by atoms with van der Waals surface area (Å²) in [4.78, 5) is 7.02. The fourth-order valence-electron chi connectivity index (χ4n) is 3.24. The maximum Gasteiger partial charge on any atom is 0.191 e. The van der Waals surface area contributed by atoms with Gasteiger partial charge in [-0.05, 0) is 31.7 Å². The van der Waals surface area contributed by atoms with E-state index >= 15 is 0 Å². The van der Waals surface area contributed by atoms with Gasteiger partial charge >= 0.3 is 0 Å². The van der Waals surface area contributed by atoms with Crippen LogP contribution in [0.15, 0.2) is 23.2 Å². The average molecular weight is 336 g/mol.